The molecule has 0 bridgehead atoms. The Bertz CT molecular complexity index is 1100. The minimum Gasteiger partial charge on any atom is -0.435 e. The third-order valence-electron chi connectivity index (χ3n) is 3.89. The molecular weight excluding hydrogens is 360 g/mol. The normalized spacial score (nSPS) is 11.0. The number of hydrogen-bond acceptors (Lipinski definition) is 4. The SMILES string of the molecule is CCn1c(=O)c(=O)[nH]c2cc(C(=O)Nc3ccc(OC(F)F)cc3)ccc21. The summed E-state index contributed by atoms with van der Waals surface area (Å²) >= 11 is 0. The number of nitrogens with one attached hydrogen (secondary N) is 2. The molecular formula is C18H15F2N3O4. The van der Waals surface area contributed by atoms with Crippen molar-refractivity contribution in [2.75, 3.05) is 5.32 Å². The molecule has 0 unspecified atom stereocenters. The fraction of sp³-hybridized carbons (Fsp3) is 0.167. The average molecular weight is 375 g/mol. The number of aromatic nitrogens is 2. The number of amides is 1. The van der Waals surface area contributed by atoms with E-state index in [4.69, 9.17) is 0 Å². The molecule has 0 saturated carbocycles. The Morgan fingerprint density at radius 1 is 1.19 bits per heavy atom. The second-order valence-electron chi connectivity index (χ2n) is 5.59. The highest BCUT2D eigenvalue weighted by molar-refractivity contribution is 6.05. The zero-order valence-corrected chi connectivity index (χ0v) is 14.2. The van der Waals surface area contributed by atoms with E-state index < -0.39 is 23.6 Å². The summed E-state index contributed by atoms with van der Waals surface area (Å²) in [5.74, 6) is -0.488. The third-order valence-corrected chi connectivity index (χ3v) is 3.89. The highest BCUT2D eigenvalue weighted by Crippen LogP contribution is 2.19. The van der Waals surface area contributed by atoms with E-state index in [-0.39, 0.29) is 11.3 Å². The van der Waals surface area contributed by atoms with E-state index in [1.807, 2.05) is 0 Å². The molecule has 1 amide bonds. The van der Waals surface area contributed by atoms with Gasteiger partial charge in [-0.15, -0.1) is 0 Å². The first-order chi connectivity index (χ1) is 12.9. The van der Waals surface area contributed by atoms with Crippen LogP contribution in [0.2, 0.25) is 0 Å². The van der Waals surface area contributed by atoms with Gasteiger partial charge in [0.25, 0.3) is 5.91 Å². The van der Waals surface area contributed by atoms with Crippen LogP contribution in [0.4, 0.5) is 14.5 Å². The van der Waals surface area contributed by atoms with Crippen molar-refractivity contribution in [3.8, 4) is 5.75 Å². The van der Waals surface area contributed by atoms with Gasteiger partial charge in [0.05, 0.1) is 11.0 Å². The molecule has 2 aromatic carbocycles. The van der Waals surface area contributed by atoms with E-state index in [1.165, 1.54) is 41.0 Å². The molecule has 0 aliphatic heterocycles. The molecule has 140 valence electrons. The highest BCUT2D eigenvalue weighted by Gasteiger charge is 2.11. The predicted molar refractivity (Wildman–Crippen MR) is 95.5 cm³/mol. The van der Waals surface area contributed by atoms with Crippen molar-refractivity contribution in [3.05, 3.63) is 68.7 Å². The van der Waals surface area contributed by atoms with Gasteiger partial charge < -0.3 is 19.6 Å². The fourth-order valence-electron chi connectivity index (χ4n) is 2.66. The molecule has 0 saturated heterocycles. The number of rotatable bonds is 5. The standard InChI is InChI=1S/C18H15F2N3O4/c1-2-23-14-8-3-10(9-13(14)22-16(25)17(23)26)15(24)21-11-4-6-12(7-5-11)27-18(19)20/h3-9,18H,2H2,1H3,(H,21,24)(H,22,25). The van der Waals surface area contributed by atoms with Crippen molar-refractivity contribution >= 4 is 22.6 Å². The van der Waals surface area contributed by atoms with Crippen LogP contribution in [0.3, 0.4) is 0 Å². The Kier molecular flexibility index (Phi) is 5.02. The summed E-state index contributed by atoms with van der Waals surface area (Å²) < 4.78 is 29.9. The van der Waals surface area contributed by atoms with Crippen LogP contribution in [0.15, 0.2) is 52.1 Å². The van der Waals surface area contributed by atoms with Crippen molar-refractivity contribution in [3.63, 3.8) is 0 Å². The van der Waals surface area contributed by atoms with E-state index >= 15 is 0 Å². The first kappa shape index (κ1) is 18.3. The summed E-state index contributed by atoms with van der Waals surface area (Å²) in [4.78, 5) is 38.5. The number of aromatic amines is 1. The first-order valence-corrected chi connectivity index (χ1v) is 8.02. The van der Waals surface area contributed by atoms with Gasteiger partial charge in [-0.05, 0) is 49.4 Å². The lowest BCUT2D eigenvalue weighted by Gasteiger charge is -2.10. The topological polar surface area (TPSA) is 93.2 Å². The number of H-pyrrole nitrogens is 1. The predicted octanol–water partition coefficient (Wildman–Crippen LogP) is 2.56. The van der Waals surface area contributed by atoms with Crippen molar-refractivity contribution in [1.82, 2.24) is 9.55 Å². The van der Waals surface area contributed by atoms with Crippen LogP contribution in [0.1, 0.15) is 17.3 Å². The maximum atomic E-state index is 12.4. The molecule has 7 nitrogen and oxygen atoms in total. The summed E-state index contributed by atoms with van der Waals surface area (Å²) in [5.41, 5.74) is 0.0767. The largest absolute Gasteiger partial charge is 0.435 e. The lowest BCUT2D eigenvalue weighted by molar-refractivity contribution is -0.0498. The van der Waals surface area contributed by atoms with Crippen LogP contribution in [0.5, 0.6) is 5.75 Å². The molecule has 0 spiro atoms. The minimum absolute atomic E-state index is 0.0242. The van der Waals surface area contributed by atoms with Crippen LogP contribution in [-0.2, 0) is 6.54 Å². The molecule has 0 atom stereocenters. The second kappa shape index (κ2) is 7.40. The molecule has 1 heterocycles. The van der Waals surface area contributed by atoms with Crippen molar-refractivity contribution in [1.29, 1.82) is 0 Å². The number of nitrogens with zero attached hydrogens (tertiary/aromatic N) is 1. The van der Waals surface area contributed by atoms with E-state index in [0.29, 0.717) is 23.3 Å². The van der Waals surface area contributed by atoms with Crippen molar-refractivity contribution in [2.45, 2.75) is 20.1 Å². The molecule has 0 fully saturated rings. The number of anilines is 1. The minimum atomic E-state index is -2.93. The van der Waals surface area contributed by atoms with Gasteiger partial charge >= 0.3 is 17.7 Å². The maximum Gasteiger partial charge on any atom is 0.387 e. The summed E-state index contributed by atoms with van der Waals surface area (Å²) in [7, 11) is 0. The zero-order chi connectivity index (χ0) is 19.6. The molecule has 0 aliphatic rings. The third kappa shape index (κ3) is 3.86. The summed E-state index contributed by atoms with van der Waals surface area (Å²) in [6.45, 7) is -0.870. The quantitative estimate of drug-likeness (QED) is 0.671. The Hall–Kier alpha value is -3.49. The van der Waals surface area contributed by atoms with Gasteiger partial charge in [-0.25, -0.2) is 0 Å². The highest BCUT2D eigenvalue weighted by atomic mass is 19.3. The van der Waals surface area contributed by atoms with E-state index in [1.54, 1.807) is 13.0 Å². The van der Waals surface area contributed by atoms with Crippen LogP contribution in [0.25, 0.3) is 11.0 Å². The smallest absolute Gasteiger partial charge is 0.387 e. The van der Waals surface area contributed by atoms with Crippen LogP contribution >= 0.6 is 0 Å². The van der Waals surface area contributed by atoms with Crippen LogP contribution in [-0.4, -0.2) is 22.1 Å². The lowest BCUT2D eigenvalue weighted by atomic mass is 10.1. The van der Waals surface area contributed by atoms with Gasteiger partial charge in [-0.2, -0.15) is 8.78 Å². The number of carbonyl (C=O) groups is 1. The van der Waals surface area contributed by atoms with Gasteiger partial charge in [0.1, 0.15) is 5.75 Å². The van der Waals surface area contributed by atoms with Crippen molar-refractivity contribution < 1.29 is 18.3 Å². The lowest BCUT2D eigenvalue weighted by Crippen LogP contribution is -2.36. The van der Waals surface area contributed by atoms with Crippen LogP contribution < -0.4 is 21.2 Å². The van der Waals surface area contributed by atoms with Crippen molar-refractivity contribution in [2.24, 2.45) is 0 Å². The number of hydrogen-bond donors (Lipinski definition) is 2. The number of halogens is 2. The van der Waals surface area contributed by atoms with Gasteiger partial charge in [0.2, 0.25) is 0 Å². The Labute approximate surface area is 151 Å². The number of carbonyl (C=O) groups excluding carboxylic acids is 1. The molecule has 3 rings (SSSR count). The number of fused-ring (bicyclic) bond motifs is 1. The fourth-order valence-corrected chi connectivity index (χ4v) is 2.66. The molecule has 9 heteroatoms. The number of ether oxygens (including phenoxy) is 1. The van der Waals surface area contributed by atoms with Gasteiger partial charge in [0, 0.05) is 17.8 Å². The van der Waals surface area contributed by atoms with E-state index in [9.17, 15) is 23.2 Å². The molecule has 0 aliphatic carbocycles. The monoisotopic (exact) mass is 375 g/mol. The number of alkyl halides is 2. The zero-order valence-electron chi connectivity index (χ0n) is 14.2. The van der Waals surface area contributed by atoms with Crippen LogP contribution in [0, 0.1) is 0 Å². The Morgan fingerprint density at radius 3 is 2.52 bits per heavy atom. The maximum absolute atomic E-state index is 12.4. The summed E-state index contributed by atoms with van der Waals surface area (Å²) in [6.07, 6.45) is 0. The molecule has 0 radical (unpaired) electrons. The average Bonchev–Trinajstić information content (AvgIpc) is 2.63. The van der Waals surface area contributed by atoms with Gasteiger partial charge in [-0.1, -0.05) is 0 Å². The summed E-state index contributed by atoms with van der Waals surface area (Å²) in [5, 5.41) is 2.62. The Balaban J connectivity index is 1.86. The number of aryl methyl sites for hydroxylation is 1. The molecule has 2 N–H and O–H groups in total. The van der Waals surface area contributed by atoms with Gasteiger partial charge in [-0.3, -0.25) is 14.4 Å². The van der Waals surface area contributed by atoms with E-state index in [2.05, 4.69) is 15.0 Å². The molecule has 27 heavy (non-hydrogen) atoms. The first-order valence-electron chi connectivity index (χ1n) is 8.02. The Morgan fingerprint density at radius 2 is 1.89 bits per heavy atom. The van der Waals surface area contributed by atoms with Gasteiger partial charge in [0.15, 0.2) is 0 Å². The second-order valence-corrected chi connectivity index (χ2v) is 5.59. The van der Waals surface area contributed by atoms with E-state index in [0.717, 1.165) is 0 Å². The molecule has 1 aromatic heterocycles. The molecule has 3 aromatic rings. The summed E-state index contributed by atoms with van der Waals surface area (Å²) in [6, 6.07) is 10.0. The number of benzene rings is 2.